The van der Waals surface area contributed by atoms with Gasteiger partial charge in [-0.15, -0.1) is 0 Å². The van der Waals surface area contributed by atoms with Gasteiger partial charge >= 0.3 is 0 Å². The molecule has 1 aliphatic heterocycles. The summed E-state index contributed by atoms with van der Waals surface area (Å²) in [4.78, 5) is 6.08. The molecule has 0 saturated heterocycles. The Morgan fingerprint density at radius 2 is 2.11 bits per heavy atom. The molecule has 0 N–H and O–H groups in total. The first-order valence-corrected chi connectivity index (χ1v) is 6.96. The maximum Gasteiger partial charge on any atom is 0.107 e. The molecule has 0 aliphatic carbocycles. The molecule has 2 heteroatoms. The van der Waals surface area contributed by atoms with Crippen molar-refractivity contribution in [2.24, 2.45) is 5.92 Å². The monoisotopic (exact) mass is 257 g/mol. The summed E-state index contributed by atoms with van der Waals surface area (Å²) < 4.78 is 0. The first kappa shape index (κ1) is 13.9. The number of anilines is 1. The Labute approximate surface area is 116 Å². The van der Waals surface area contributed by atoms with Crippen molar-refractivity contribution in [2.75, 3.05) is 11.6 Å². The number of hydroxylamine groups is 1. The van der Waals surface area contributed by atoms with Crippen molar-refractivity contribution < 1.29 is 4.84 Å². The van der Waals surface area contributed by atoms with Gasteiger partial charge in [0, 0.05) is 0 Å². The number of nitrogens with zero attached hydrogens (tertiary/aromatic N) is 1. The van der Waals surface area contributed by atoms with Gasteiger partial charge in [-0.3, -0.25) is 4.84 Å². The normalized spacial score (nSPS) is 20.2. The molecule has 0 radical (unpaired) electrons. The number of hydrogen-bond donors (Lipinski definition) is 0. The number of para-hydroxylation sites is 1. The predicted octanol–water partition coefficient (Wildman–Crippen LogP) is 4.36. The third kappa shape index (κ3) is 3.97. The van der Waals surface area contributed by atoms with Gasteiger partial charge in [-0.2, -0.15) is 0 Å². The summed E-state index contributed by atoms with van der Waals surface area (Å²) in [5.74, 6) is 0.484. The van der Waals surface area contributed by atoms with Gasteiger partial charge in [-0.1, -0.05) is 48.9 Å². The average molecular weight is 257 g/mol. The Morgan fingerprint density at radius 3 is 2.79 bits per heavy atom. The topological polar surface area (TPSA) is 12.5 Å². The fraction of sp³-hybridized carbons (Fsp3) is 0.412. The van der Waals surface area contributed by atoms with Crippen LogP contribution in [0.3, 0.4) is 0 Å². The van der Waals surface area contributed by atoms with Crippen LogP contribution in [0, 0.1) is 5.92 Å². The number of allylic oxidation sites excluding steroid dienone is 2. The van der Waals surface area contributed by atoms with Crippen molar-refractivity contribution >= 4 is 5.69 Å². The first-order valence-electron chi connectivity index (χ1n) is 6.96. The minimum Gasteiger partial charge on any atom is -0.265 e. The van der Waals surface area contributed by atoms with E-state index in [1.807, 2.05) is 23.3 Å². The van der Waals surface area contributed by atoms with Gasteiger partial charge in [0.15, 0.2) is 0 Å². The molecule has 0 amide bonds. The van der Waals surface area contributed by atoms with E-state index < -0.39 is 0 Å². The number of benzene rings is 1. The lowest BCUT2D eigenvalue weighted by Crippen LogP contribution is -2.35. The Hall–Kier alpha value is -1.54. The van der Waals surface area contributed by atoms with E-state index in [2.05, 4.69) is 51.1 Å². The van der Waals surface area contributed by atoms with Crippen LogP contribution in [-0.2, 0) is 4.84 Å². The van der Waals surface area contributed by atoms with Crippen LogP contribution in [0.4, 0.5) is 5.69 Å². The summed E-state index contributed by atoms with van der Waals surface area (Å²) in [7, 11) is 0. The Kier molecular flexibility index (Phi) is 4.80. The zero-order chi connectivity index (χ0) is 13.7. The molecule has 102 valence electrons. The molecule has 0 fully saturated rings. The van der Waals surface area contributed by atoms with E-state index in [9.17, 15) is 0 Å². The summed E-state index contributed by atoms with van der Waals surface area (Å²) in [5.41, 5.74) is 2.48. The highest BCUT2D eigenvalue weighted by molar-refractivity contribution is 5.44. The van der Waals surface area contributed by atoms with Crippen molar-refractivity contribution in [3.63, 3.8) is 0 Å². The number of hydrogen-bond acceptors (Lipinski definition) is 2. The summed E-state index contributed by atoms with van der Waals surface area (Å²) >= 11 is 0. The van der Waals surface area contributed by atoms with Gasteiger partial charge in [0.25, 0.3) is 0 Å². The zero-order valence-corrected chi connectivity index (χ0v) is 12.0. The van der Waals surface area contributed by atoms with Crippen molar-refractivity contribution in [2.45, 2.75) is 33.3 Å². The second-order valence-electron chi connectivity index (χ2n) is 5.39. The smallest absolute Gasteiger partial charge is 0.107 e. The molecule has 1 aliphatic rings. The van der Waals surface area contributed by atoms with Crippen LogP contribution in [0.15, 0.2) is 54.1 Å². The number of rotatable bonds is 4. The van der Waals surface area contributed by atoms with Crippen molar-refractivity contribution in [1.29, 1.82) is 0 Å². The standard InChI is InChI=1S/C17H23NO/c1-14(2)11-12-15(3)17-10-7-13-18(19-17)16-8-5-4-6-9-16/h4-11,15,17H,12-13H2,1-3H3/t15-,17+/m1/s1. The van der Waals surface area contributed by atoms with Gasteiger partial charge in [0.05, 0.1) is 12.2 Å². The fourth-order valence-corrected chi connectivity index (χ4v) is 2.13. The molecule has 1 aromatic rings. The molecule has 19 heavy (non-hydrogen) atoms. The summed E-state index contributed by atoms with van der Waals surface area (Å²) in [5, 5.41) is 1.98. The van der Waals surface area contributed by atoms with Crippen LogP contribution in [-0.4, -0.2) is 12.6 Å². The highest BCUT2D eigenvalue weighted by Crippen LogP contribution is 2.23. The quantitative estimate of drug-likeness (QED) is 0.743. The van der Waals surface area contributed by atoms with Crippen LogP contribution in [0.1, 0.15) is 27.2 Å². The molecule has 0 saturated carbocycles. The lowest BCUT2D eigenvalue weighted by molar-refractivity contribution is 0.0273. The fourth-order valence-electron chi connectivity index (χ4n) is 2.13. The average Bonchev–Trinajstić information content (AvgIpc) is 2.46. The Morgan fingerprint density at radius 1 is 1.37 bits per heavy atom. The van der Waals surface area contributed by atoms with Crippen LogP contribution in [0.5, 0.6) is 0 Å². The molecule has 2 rings (SSSR count). The van der Waals surface area contributed by atoms with Gasteiger partial charge in [-0.25, -0.2) is 5.06 Å². The zero-order valence-electron chi connectivity index (χ0n) is 12.0. The minimum atomic E-state index is 0.157. The molecular weight excluding hydrogens is 234 g/mol. The molecule has 2 atom stereocenters. The molecule has 0 bridgehead atoms. The lowest BCUT2D eigenvalue weighted by Gasteiger charge is -2.32. The largest absolute Gasteiger partial charge is 0.265 e. The molecule has 1 aromatic carbocycles. The van der Waals surface area contributed by atoms with Crippen molar-refractivity contribution in [3.8, 4) is 0 Å². The van der Waals surface area contributed by atoms with E-state index in [0.29, 0.717) is 5.92 Å². The van der Waals surface area contributed by atoms with Gasteiger partial charge < -0.3 is 0 Å². The van der Waals surface area contributed by atoms with E-state index in [1.165, 1.54) is 5.57 Å². The second-order valence-corrected chi connectivity index (χ2v) is 5.39. The van der Waals surface area contributed by atoms with Crippen LogP contribution in [0.2, 0.25) is 0 Å². The Balaban J connectivity index is 1.99. The van der Waals surface area contributed by atoms with Gasteiger partial charge in [0.1, 0.15) is 6.10 Å². The van der Waals surface area contributed by atoms with E-state index in [1.54, 1.807) is 0 Å². The molecule has 0 unspecified atom stereocenters. The van der Waals surface area contributed by atoms with Gasteiger partial charge in [-0.05, 0) is 38.3 Å². The minimum absolute atomic E-state index is 0.157. The maximum absolute atomic E-state index is 6.08. The van der Waals surface area contributed by atoms with Crippen molar-refractivity contribution in [3.05, 3.63) is 54.1 Å². The summed E-state index contributed by atoms with van der Waals surface area (Å²) in [6.07, 6.45) is 7.87. The van der Waals surface area contributed by atoms with Crippen molar-refractivity contribution in [1.82, 2.24) is 0 Å². The molecule has 2 nitrogen and oxygen atoms in total. The third-order valence-corrected chi connectivity index (χ3v) is 3.35. The first-order chi connectivity index (χ1) is 9.16. The highest BCUT2D eigenvalue weighted by atomic mass is 16.7. The molecule has 0 spiro atoms. The Bertz CT molecular complexity index is 446. The predicted molar refractivity (Wildman–Crippen MR) is 81.0 cm³/mol. The SMILES string of the molecule is CC(C)=CC[C@@H](C)[C@@H]1C=CCN(c2ccccc2)O1. The van der Waals surface area contributed by atoms with E-state index in [0.717, 1.165) is 18.7 Å². The second kappa shape index (κ2) is 6.58. The summed E-state index contributed by atoms with van der Waals surface area (Å²) in [6.45, 7) is 7.33. The van der Waals surface area contributed by atoms with Gasteiger partial charge in [0.2, 0.25) is 0 Å². The lowest BCUT2D eigenvalue weighted by atomic mass is 9.98. The maximum atomic E-state index is 6.08. The van der Waals surface area contributed by atoms with Crippen LogP contribution < -0.4 is 5.06 Å². The van der Waals surface area contributed by atoms with E-state index in [4.69, 9.17) is 4.84 Å². The molecular formula is C17H23NO. The van der Waals surface area contributed by atoms with E-state index in [-0.39, 0.29) is 6.10 Å². The van der Waals surface area contributed by atoms with Crippen LogP contribution in [0.25, 0.3) is 0 Å². The highest BCUT2D eigenvalue weighted by Gasteiger charge is 2.21. The summed E-state index contributed by atoms with van der Waals surface area (Å²) in [6, 6.07) is 10.3. The third-order valence-electron chi connectivity index (χ3n) is 3.35. The molecule has 0 aromatic heterocycles. The van der Waals surface area contributed by atoms with Crippen LogP contribution >= 0.6 is 0 Å². The molecule has 1 heterocycles. The van der Waals surface area contributed by atoms with E-state index >= 15 is 0 Å².